The lowest BCUT2D eigenvalue weighted by molar-refractivity contribution is -0.122. The zero-order valence-corrected chi connectivity index (χ0v) is 17.9. The Labute approximate surface area is 178 Å². The van der Waals surface area contributed by atoms with E-state index >= 15 is 0 Å². The zero-order valence-electron chi connectivity index (χ0n) is 17.9. The monoisotopic (exact) mass is 410 g/mol. The highest BCUT2D eigenvalue weighted by atomic mass is 16.5. The number of ether oxygens (including phenoxy) is 2. The first-order chi connectivity index (χ1) is 14.5. The molecule has 1 aliphatic rings. The molecule has 2 atom stereocenters. The minimum atomic E-state index is -0.658. The molecular weight excluding hydrogens is 380 g/mol. The molecule has 2 aromatic rings. The van der Waals surface area contributed by atoms with Crippen molar-refractivity contribution in [2.75, 3.05) is 18.5 Å². The number of carbonyl (C=O) groups excluding carboxylic acids is 2. The molecule has 2 N–H and O–H groups in total. The number of anilines is 1. The maximum atomic E-state index is 12.9. The number of rotatable bonds is 8. The Bertz CT molecular complexity index is 870. The highest BCUT2D eigenvalue weighted by molar-refractivity contribution is 6.04. The molecule has 0 bridgehead atoms. The van der Waals surface area contributed by atoms with Crippen LogP contribution >= 0.6 is 0 Å². The lowest BCUT2D eigenvalue weighted by Crippen LogP contribution is -2.35. The number of nitrogens with one attached hydrogen (secondary N) is 2. The van der Waals surface area contributed by atoms with Gasteiger partial charge in [-0.3, -0.25) is 9.59 Å². The molecule has 0 unspecified atom stereocenters. The maximum absolute atomic E-state index is 12.9. The van der Waals surface area contributed by atoms with Crippen molar-refractivity contribution in [2.24, 2.45) is 0 Å². The van der Waals surface area contributed by atoms with Gasteiger partial charge in [0.15, 0.2) is 6.10 Å². The van der Waals surface area contributed by atoms with Crippen LogP contribution in [0.3, 0.4) is 0 Å². The van der Waals surface area contributed by atoms with Crippen molar-refractivity contribution in [3.8, 4) is 5.75 Å². The molecule has 160 valence electrons. The fourth-order valence-corrected chi connectivity index (χ4v) is 3.60. The van der Waals surface area contributed by atoms with E-state index in [9.17, 15) is 9.59 Å². The van der Waals surface area contributed by atoms with Gasteiger partial charge >= 0.3 is 0 Å². The van der Waals surface area contributed by atoms with Crippen molar-refractivity contribution in [1.82, 2.24) is 5.32 Å². The number of benzene rings is 2. The second kappa shape index (κ2) is 10.3. The van der Waals surface area contributed by atoms with Crippen molar-refractivity contribution in [2.45, 2.75) is 52.2 Å². The highest BCUT2D eigenvalue weighted by Crippen LogP contribution is 2.21. The van der Waals surface area contributed by atoms with Crippen LogP contribution < -0.4 is 15.4 Å². The Balaban J connectivity index is 1.66. The largest absolute Gasteiger partial charge is 0.481 e. The standard InChI is InChI=1S/C24H30N2O4/c1-4-22(30-19-13-16(2)12-17(3)14-19)24(28)26-21-10-6-5-9-20(21)23(27)25-15-18-8-7-11-29-18/h5-6,9-10,12-14,18,22H,4,7-8,11,15H2,1-3H3,(H,25,27)(H,26,28)/t18-,22-/m0/s1. The van der Waals surface area contributed by atoms with Crippen LogP contribution in [0.1, 0.15) is 47.7 Å². The third kappa shape index (κ3) is 5.83. The van der Waals surface area contributed by atoms with Crippen LogP contribution in [0.15, 0.2) is 42.5 Å². The topological polar surface area (TPSA) is 76.7 Å². The summed E-state index contributed by atoms with van der Waals surface area (Å²) in [6.45, 7) is 7.09. The minimum Gasteiger partial charge on any atom is -0.481 e. The van der Waals surface area contributed by atoms with Gasteiger partial charge in [0.25, 0.3) is 11.8 Å². The summed E-state index contributed by atoms with van der Waals surface area (Å²) in [6.07, 6.45) is 1.88. The van der Waals surface area contributed by atoms with Crippen molar-refractivity contribution in [3.05, 3.63) is 59.2 Å². The second-order valence-corrected chi connectivity index (χ2v) is 7.72. The Hall–Kier alpha value is -2.86. The molecule has 0 spiro atoms. The average molecular weight is 411 g/mol. The molecule has 0 aromatic heterocycles. The molecule has 1 aliphatic heterocycles. The smallest absolute Gasteiger partial charge is 0.265 e. The summed E-state index contributed by atoms with van der Waals surface area (Å²) < 4.78 is 11.5. The third-order valence-corrected chi connectivity index (χ3v) is 5.08. The maximum Gasteiger partial charge on any atom is 0.265 e. The number of hydrogen-bond donors (Lipinski definition) is 2. The van der Waals surface area contributed by atoms with Crippen LogP contribution in [-0.4, -0.2) is 37.2 Å². The van der Waals surface area contributed by atoms with E-state index in [1.54, 1.807) is 24.3 Å². The Morgan fingerprint density at radius 3 is 2.57 bits per heavy atom. The highest BCUT2D eigenvalue weighted by Gasteiger charge is 2.22. The summed E-state index contributed by atoms with van der Waals surface area (Å²) in [4.78, 5) is 25.5. The molecule has 2 aromatic carbocycles. The van der Waals surface area contributed by atoms with Crippen molar-refractivity contribution < 1.29 is 19.1 Å². The quantitative estimate of drug-likeness (QED) is 0.689. The first-order valence-corrected chi connectivity index (χ1v) is 10.5. The molecule has 2 amide bonds. The summed E-state index contributed by atoms with van der Waals surface area (Å²) in [5.74, 6) is 0.151. The van der Waals surface area contributed by atoms with Crippen LogP contribution in [0.4, 0.5) is 5.69 Å². The van der Waals surface area contributed by atoms with E-state index in [0.29, 0.717) is 30.0 Å². The summed E-state index contributed by atoms with van der Waals surface area (Å²) in [7, 11) is 0. The van der Waals surface area contributed by atoms with E-state index in [-0.39, 0.29) is 17.9 Å². The molecule has 0 radical (unpaired) electrons. The lowest BCUT2D eigenvalue weighted by atomic mass is 10.1. The molecular formula is C24H30N2O4. The molecule has 1 heterocycles. The van der Waals surface area contributed by atoms with E-state index < -0.39 is 6.10 Å². The molecule has 3 rings (SSSR count). The van der Waals surface area contributed by atoms with Crippen molar-refractivity contribution in [3.63, 3.8) is 0 Å². The minimum absolute atomic E-state index is 0.0614. The van der Waals surface area contributed by atoms with Crippen LogP contribution in [0.2, 0.25) is 0 Å². The van der Waals surface area contributed by atoms with Gasteiger partial charge in [-0.1, -0.05) is 25.1 Å². The number of para-hydroxylation sites is 1. The number of hydrogen-bond acceptors (Lipinski definition) is 4. The third-order valence-electron chi connectivity index (χ3n) is 5.08. The molecule has 6 nitrogen and oxygen atoms in total. The molecule has 0 aliphatic carbocycles. The predicted molar refractivity (Wildman–Crippen MR) is 117 cm³/mol. The molecule has 1 fully saturated rings. The number of aryl methyl sites for hydroxylation is 2. The van der Waals surface area contributed by atoms with Crippen LogP contribution in [0.5, 0.6) is 5.75 Å². The second-order valence-electron chi connectivity index (χ2n) is 7.72. The normalized spacial score (nSPS) is 16.7. The molecule has 6 heteroatoms. The van der Waals surface area contributed by atoms with Crippen LogP contribution in [-0.2, 0) is 9.53 Å². The van der Waals surface area contributed by atoms with Gasteiger partial charge in [0, 0.05) is 13.2 Å². The van der Waals surface area contributed by atoms with Gasteiger partial charge in [0.2, 0.25) is 0 Å². The SMILES string of the molecule is CC[C@H](Oc1cc(C)cc(C)c1)C(=O)Nc1ccccc1C(=O)NC[C@@H]1CCCO1. The Kier molecular flexibility index (Phi) is 7.46. The van der Waals surface area contributed by atoms with E-state index in [1.165, 1.54) is 0 Å². The van der Waals surface area contributed by atoms with Crippen molar-refractivity contribution in [1.29, 1.82) is 0 Å². The summed E-state index contributed by atoms with van der Waals surface area (Å²) in [5.41, 5.74) is 3.04. The number of amides is 2. The summed E-state index contributed by atoms with van der Waals surface area (Å²) >= 11 is 0. The van der Waals surface area contributed by atoms with E-state index in [1.807, 2.05) is 32.9 Å². The number of carbonyl (C=O) groups is 2. The van der Waals surface area contributed by atoms with Gasteiger partial charge in [-0.05, 0) is 68.5 Å². The lowest BCUT2D eigenvalue weighted by Gasteiger charge is -2.19. The van der Waals surface area contributed by atoms with Gasteiger partial charge in [0.05, 0.1) is 17.4 Å². The summed E-state index contributed by atoms with van der Waals surface area (Å²) in [6, 6.07) is 12.9. The van der Waals surface area contributed by atoms with E-state index in [4.69, 9.17) is 9.47 Å². The van der Waals surface area contributed by atoms with Gasteiger partial charge in [-0.25, -0.2) is 0 Å². The first-order valence-electron chi connectivity index (χ1n) is 10.5. The van der Waals surface area contributed by atoms with E-state index in [0.717, 1.165) is 30.6 Å². The zero-order chi connectivity index (χ0) is 21.5. The van der Waals surface area contributed by atoms with E-state index in [2.05, 4.69) is 16.7 Å². The van der Waals surface area contributed by atoms with Gasteiger partial charge < -0.3 is 20.1 Å². The van der Waals surface area contributed by atoms with Gasteiger partial charge in [0.1, 0.15) is 5.75 Å². The molecule has 30 heavy (non-hydrogen) atoms. The van der Waals surface area contributed by atoms with Gasteiger partial charge in [-0.2, -0.15) is 0 Å². The first kappa shape index (κ1) is 21.8. The average Bonchev–Trinajstić information content (AvgIpc) is 3.23. The van der Waals surface area contributed by atoms with Crippen LogP contribution in [0.25, 0.3) is 0 Å². The fourth-order valence-electron chi connectivity index (χ4n) is 3.60. The van der Waals surface area contributed by atoms with Gasteiger partial charge in [-0.15, -0.1) is 0 Å². The Morgan fingerprint density at radius 1 is 1.17 bits per heavy atom. The fraction of sp³-hybridized carbons (Fsp3) is 0.417. The van der Waals surface area contributed by atoms with Crippen LogP contribution in [0, 0.1) is 13.8 Å². The summed E-state index contributed by atoms with van der Waals surface area (Å²) in [5, 5.41) is 5.77. The molecule has 0 saturated carbocycles. The van der Waals surface area contributed by atoms with Crippen molar-refractivity contribution >= 4 is 17.5 Å². The predicted octanol–water partition coefficient (Wildman–Crippen LogP) is 4.01. The molecule has 1 saturated heterocycles. The Morgan fingerprint density at radius 2 is 1.90 bits per heavy atom.